The number of hydrogen-bond acceptors (Lipinski definition) is 8. The molecule has 3 amide bonds. The van der Waals surface area contributed by atoms with Crippen LogP contribution in [0.25, 0.3) is 22.4 Å². The molecule has 0 atom stereocenters. The largest absolute Gasteiger partial charge is 0.496 e. The molecule has 2 aliphatic rings. The summed E-state index contributed by atoms with van der Waals surface area (Å²) in [6.45, 7) is 3.94. The molecule has 4 heterocycles. The molecule has 0 unspecified atom stereocenters. The number of para-hydroxylation sites is 1. The zero-order valence-corrected chi connectivity index (χ0v) is 23.7. The van der Waals surface area contributed by atoms with Crippen LogP contribution in [0.4, 0.5) is 16.3 Å². The Bertz CT molecular complexity index is 1570. The van der Waals surface area contributed by atoms with E-state index in [1.54, 1.807) is 20.2 Å². The topological polar surface area (TPSA) is 127 Å². The van der Waals surface area contributed by atoms with E-state index < -0.39 is 0 Å². The van der Waals surface area contributed by atoms with E-state index in [1.807, 2.05) is 58.2 Å². The number of fused-ring (bicyclic) bond motifs is 1. The molecule has 2 aromatic heterocycles. The van der Waals surface area contributed by atoms with Crippen molar-refractivity contribution < 1.29 is 19.1 Å². The summed E-state index contributed by atoms with van der Waals surface area (Å²) in [7, 11) is 3.16. The molecule has 12 heteroatoms. The number of nitrogens with one attached hydrogen (secondary N) is 2. The first kappa shape index (κ1) is 27.5. The van der Waals surface area contributed by atoms with Crippen molar-refractivity contribution in [2.24, 2.45) is 0 Å². The zero-order chi connectivity index (χ0) is 29.1. The molecule has 0 spiro atoms. The van der Waals surface area contributed by atoms with Gasteiger partial charge in [-0.25, -0.2) is 19.4 Å². The Morgan fingerprint density at radius 2 is 1.71 bits per heavy atom. The molecule has 2 aromatic carbocycles. The lowest BCUT2D eigenvalue weighted by Crippen LogP contribution is -2.39. The van der Waals surface area contributed by atoms with Gasteiger partial charge in [-0.1, -0.05) is 12.1 Å². The molecule has 0 aliphatic carbocycles. The zero-order valence-electron chi connectivity index (χ0n) is 23.7. The number of nitrogens with zero attached hydrogens (tertiary/aromatic N) is 6. The number of ether oxygens (including phenoxy) is 2. The Kier molecular flexibility index (Phi) is 7.87. The smallest absolute Gasteiger partial charge is 0.318 e. The van der Waals surface area contributed by atoms with E-state index in [4.69, 9.17) is 24.5 Å². The van der Waals surface area contributed by atoms with Crippen LogP contribution in [0.3, 0.4) is 0 Å². The van der Waals surface area contributed by atoms with Crippen molar-refractivity contribution in [1.29, 1.82) is 0 Å². The van der Waals surface area contributed by atoms with Gasteiger partial charge in [-0.3, -0.25) is 4.79 Å². The van der Waals surface area contributed by atoms with Crippen LogP contribution < -0.4 is 20.3 Å². The van der Waals surface area contributed by atoms with E-state index in [9.17, 15) is 9.59 Å². The summed E-state index contributed by atoms with van der Waals surface area (Å²) in [5.74, 6) is 1.98. The summed E-state index contributed by atoms with van der Waals surface area (Å²) < 4.78 is 13.0. The third-order valence-electron chi connectivity index (χ3n) is 7.81. The molecular weight excluding hydrogens is 536 g/mol. The van der Waals surface area contributed by atoms with E-state index >= 15 is 0 Å². The van der Waals surface area contributed by atoms with Crippen molar-refractivity contribution in [2.45, 2.75) is 18.9 Å². The number of urea groups is 1. The predicted molar refractivity (Wildman–Crippen MR) is 159 cm³/mol. The summed E-state index contributed by atoms with van der Waals surface area (Å²) in [5.41, 5.74) is 2.85. The first-order valence-electron chi connectivity index (χ1n) is 14.1. The van der Waals surface area contributed by atoms with Crippen molar-refractivity contribution >= 4 is 34.5 Å². The van der Waals surface area contributed by atoms with E-state index in [2.05, 4.69) is 15.5 Å². The number of rotatable bonds is 6. The summed E-state index contributed by atoms with van der Waals surface area (Å²) >= 11 is 0. The summed E-state index contributed by atoms with van der Waals surface area (Å²) in [5, 5.41) is 11.0. The number of likely N-dealkylation sites (tertiary alicyclic amines) is 1. The van der Waals surface area contributed by atoms with E-state index in [0.29, 0.717) is 49.1 Å². The number of amides is 3. The quantitative estimate of drug-likeness (QED) is 0.360. The average molecular weight is 571 g/mol. The number of morpholine rings is 1. The first-order chi connectivity index (χ1) is 20.6. The van der Waals surface area contributed by atoms with Crippen molar-refractivity contribution in [3.8, 4) is 17.1 Å². The molecule has 2 N–H and O–H groups in total. The lowest BCUT2D eigenvalue weighted by Gasteiger charge is -2.32. The number of hydrogen-bond donors (Lipinski definition) is 2. The molecule has 12 nitrogen and oxygen atoms in total. The number of benzene rings is 2. The number of anilines is 2. The Morgan fingerprint density at radius 3 is 2.43 bits per heavy atom. The molecular formula is C30H34N8O4. The normalized spacial score (nSPS) is 16.0. The summed E-state index contributed by atoms with van der Waals surface area (Å²) in [6.07, 6.45) is 3.36. The van der Waals surface area contributed by atoms with Crippen molar-refractivity contribution in [3.05, 3.63) is 60.3 Å². The number of carbonyl (C=O) groups is 2. The molecule has 2 saturated heterocycles. The Labute approximate surface area is 243 Å². The maximum atomic E-state index is 13.3. The Hall–Kier alpha value is -4.71. The molecule has 6 rings (SSSR count). The fourth-order valence-corrected chi connectivity index (χ4v) is 5.52. The van der Waals surface area contributed by atoms with Crippen LogP contribution in [-0.2, 0) is 4.74 Å². The number of methoxy groups -OCH3 is 1. The van der Waals surface area contributed by atoms with Gasteiger partial charge >= 0.3 is 6.03 Å². The number of piperidine rings is 1. The van der Waals surface area contributed by atoms with Crippen LogP contribution in [-0.4, -0.2) is 90.1 Å². The average Bonchev–Trinajstić information content (AvgIpc) is 3.49. The SMILES string of the molecule is CNC(=O)Nc1ccc(-c2nc(N3CCOCC3)c3cnn(C4CCN(C(=O)c5ccccc5OC)CC4)c3n2)cc1. The van der Waals surface area contributed by atoms with Crippen molar-refractivity contribution in [2.75, 3.05) is 63.8 Å². The first-order valence-corrected chi connectivity index (χ1v) is 14.1. The highest BCUT2D eigenvalue weighted by molar-refractivity contribution is 5.97. The monoisotopic (exact) mass is 570 g/mol. The van der Waals surface area contributed by atoms with E-state index in [-0.39, 0.29) is 18.0 Å². The standard InChI is InChI=1S/C30H34N8O4/c1-31-30(40)33-21-9-7-20(8-10-21)26-34-27(36-15-17-42-18-16-36)24-19-32-38(28(24)35-26)22-11-13-37(14-12-22)29(39)23-5-3-4-6-25(23)41-2/h3-10,19,22H,11-18H2,1-2H3,(H2,31,33,40). The van der Waals surface area contributed by atoms with Gasteiger partial charge in [0.25, 0.3) is 5.91 Å². The van der Waals surface area contributed by atoms with Gasteiger partial charge in [0.2, 0.25) is 0 Å². The molecule has 0 bridgehead atoms. The van der Waals surface area contributed by atoms with Gasteiger partial charge in [-0.2, -0.15) is 5.10 Å². The van der Waals surface area contributed by atoms with Gasteiger partial charge in [0.1, 0.15) is 11.6 Å². The second kappa shape index (κ2) is 12.0. The summed E-state index contributed by atoms with van der Waals surface area (Å²) in [4.78, 5) is 39.1. The van der Waals surface area contributed by atoms with Crippen molar-refractivity contribution in [3.63, 3.8) is 0 Å². The van der Waals surface area contributed by atoms with Crippen molar-refractivity contribution in [1.82, 2.24) is 30.0 Å². The maximum Gasteiger partial charge on any atom is 0.318 e. The molecule has 0 radical (unpaired) electrons. The highest BCUT2D eigenvalue weighted by Gasteiger charge is 2.29. The third-order valence-corrected chi connectivity index (χ3v) is 7.81. The maximum absolute atomic E-state index is 13.3. The Balaban J connectivity index is 1.29. The second-order valence-electron chi connectivity index (χ2n) is 10.3. The molecule has 42 heavy (non-hydrogen) atoms. The van der Waals surface area contributed by atoms with Crippen LogP contribution in [0.5, 0.6) is 5.75 Å². The third kappa shape index (κ3) is 5.45. The van der Waals surface area contributed by atoms with Crippen LogP contribution >= 0.6 is 0 Å². The fraction of sp³-hybridized carbons (Fsp3) is 0.367. The molecule has 2 aliphatic heterocycles. The molecule has 0 saturated carbocycles. The molecule has 4 aromatic rings. The van der Waals surface area contributed by atoms with Crippen LogP contribution in [0, 0.1) is 0 Å². The minimum absolute atomic E-state index is 0.0233. The predicted octanol–water partition coefficient (Wildman–Crippen LogP) is 3.57. The van der Waals surface area contributed by atoms with Gasteiger partial charge in [0.15, 0.2) is 11.5 Å². The number of carbonyl (C=O) groups excluding carboxylic acids is 2. The number of aromatic nitrogens is 4. The van der Waals surface area contributed by atoms with Gasteiger partial charge in [-0.05, 0) is 49.2 Å². The molecule has 2 fully saturated rings. The second-order valence-corrected chi connectivity index (χ2v) is 10.3. The van der Waals surface area contributed by atoms with E-state index in [1.165, 1.54) is 0 Å². The van der Waals surface area contributed by atoms with Gasteiger partial charge in [0, 0.05) is 44.5 Å². The Morgan fingerprint density at radius 1 is 0.976 bits per heavy atom. The minimum atomic E-state index is -0.283. The van der Waals surface area contributed by atoms with Gasteiger partial charge in [0.05, 0.1) is 43.5 Å². The lowest BCUT2D eigenvalue weighted by molar-refractivity contribution is 0.0688. The molecule has 218 valence electrons. The highest BCUT2D eigenvalue weighted by Crippen LogP contribution is 2.33. The van der Waals surface area contributed by atoms with Gasteiger partial charge < -0.3 is 29.9 Å². The van der Waals surface area contributed by atoms with Gasteiger partial charge in [-0.15, -0.1) is 0 Å². The van der Waals surface area contributed by atoms with E-state index in [0.717, 1.165) is 48.3 Å². The summed E-state index contributed by atoms with van der Waals surface area (Å²) in [6, 6.07) is 14.6. The fourth-order valence-electron chi connectivity index (χ4n) is 5.52. The lowest BCUT2D eigenvalue weighted by atomic mass is 10.0. The highest BCUT2D eigenvalue weighted by atomic mass is 16.5. The van der Waals surface area contributed by atoms with Crippen LogP contribution in [0.15, 0.2) is 54.7 Å². The van der Waals surface area contributed by atoms with Crippen LogP contribution in [0.2, 0.25) is 0 Å². The minimum Gasteiger partial charge on any atom is -0.496 e. The van der Waals surface area contributed by atoms with Crippen LogP contribution in [0.1, 0.15) is 29.2 Å².